The van der Waals surface area contributed by atoms with Crippen LogP contribution in [-0.4, -0.2) is 12.4 Å². The van der Waals surface area contributed by atoms with E-state index < -0.39 is 5.41 Å². The summed E-state index contributed by atoms with van der Waals surface area (Å²) in [6.45, 7) is 5.87. The van der Waals surface area contributed by atoms with Gasteiger partial charge in [0, 0.05) is 4.47 Å². The summed E-state index contributed by atoms with van der Waals surface area (Å²) in [6, 6.07) is 3.64. The molecule has 0 aliphatic carbocycles. The minimum Gasteiger partial charge on any atom is -0.490 e. The van der Waals surface area contributed by atoms with Gasteiger partial charge in [0.1, 0.15) is 12.4 Å². The van der Waals surface area contributed by atoms with Crippen molar-refractivity contribution in [2.75, 3.05) is 6.61 Å². The fourth-order valence-electron chi connectivity index (χ4n) is 1.62. The number of hydrogen-bond acceptors (Lipinski definition) is 2. The second-order valence-electron chi connectivity index (χ2n) is 4.00. The lowest BCUT2D eigenvalue weighted by Crippen LogP contribution is -2.36. The van der Waals surface area contributed by atoms with Gasteiger partial charge in [0.2, 0.25) is 0 Å². The van der Waals surface area contributed by atoms with Gasteiger partial charge in [-0.25, -0.2) is 0 Å². The third kappa shape index (κ3) is 1.74. The third-order valence-electron chi connectivity index (χ3n) is 2.74. The molecule has 1 aromatic rings. The molecule has 0 saturated heterocycles. The van der Waals surface area contributed by atoms with Crippen LogP contribution < -0.4 is 4.74 Å². The summed E-state index contributed by atoms with van der Waals surface area (Å²) in [6.07, 6.45) is 1.65. The van der Waals surface area contributed by atoms with Gasteiger partial charge in [0.25, 0.3) is 0 Å². The highest BCUT2D eigenvalue weighted by molar-refractivity contribution is 9.11. The van der Waals surface area contributed by atoms with E-state index in [0.717, 1.165) is 8.95 Å². The first kappa shape index (κ1) is 11.9. The van der Waals surface area contributed by atoms with Gasteiger partial charge in [-0.1, -0.05) is 22.0 Å². The van der Waals surface area contributed by atoms with Gasteiger partial charge in [-0.15, -0.1) is 6.58 Å². The number of carbonyl (C=O) groups excluding carboxylic acids is 1. The Balaban J connectivity index is 2.61. The number of rotatable bonds is 1. The van der Waals surface area contributed by atoms with Crippen LogP contribution in [0.4, 0.5) is 0 Å². The maximum Gasteiger partial charge on any atom is 0.179 e. The zero-order valence-electron chi connectivity index (χ0n) is 8.72. The molecule has 0 aromatic heterocycles. The Hall–Kier alpha value is -0.610. The molecule has 0 saturated carbocycles. The van der Waals surface area contributed by atoms with E-state index in [4.69, 9.17) is 4.74 Å². The maximum atomic E-state index is 12.3. The summed E-state index contributed by atoms with van der Waals surface area (Å²) >= 11 is 6.75. The van der Waals surface area contributed by atoms with Gasteiger partial charge in [0.15, 0.2) is 5.78 Å². The quantitative estimate of drug-likeness (QED) is 0.719. The first-order valence-corrected chi connectivity index (χ1v) is 6.37. The van der Waals surface area contributed by atoms with E-state index >= 15 is 0 Å². The highest BCUT2D eigenvalue weighted by Gasteiger charge is 2.38. The van der Waals surface area contributed by atoms with Crippen molar-refractivity contribution in [1.82, 2.24) is 0 Å². The first-order valence-electron chi connectivity index (χ1n) is 4.78. The van der Waals surface area contributed by atoms with Crippen LogP contribution >= 0.6 is 31.9 Å². The predicted octanol–water partition coefficient (Wildman–Crippen LogP) is 3.98. The normalized spacial score (nSPS) is 23.6. The molecule has 4 heteroatoms. The van der Waals surface area contributed by atoms with Crippen LogP contribution in [0.25, 0.3) is 0 Å². The zero-order valence-corrected chi connectivity index (χ0v) is 11.9. The Labute approximate surface area is 111 Å². The second kappa shape index (κ2) is 4.00. The van der Waals surface area contributed by atoms with Crippen LogP contribution in [0.15, 0.2) is 33.7 Å². The number of carbonyl (C=O) groups is 1. The van der Waals surface area contributed by atoms with Crippen LogP contribution in [0.5, 0.6) is 5.75 Å². The molecule has 0 amide bonds. The number of Topliss-reactive ketones (excluding diaryl/α,β-unsaturated/α-hetero) is 1. The number of ether oxygens (including phenoxy) is 1. The molecule has 0 unspecified atom stereocenters. The molecule has 2 rings (SSSR count). The van der Waals surface area contributed by atoms with Crippen LogP contribution in [0, 0.1) is 5.41 Å². The van der Waals surface area contributed by atoms with Crippen molar-refractivity contribution in [2.45, 2.75) is 6.92 Å². The fraction of sp³-hybridized carbons (Fsp3) is 0.250. The molecule has 2 nitrogen and oxygen atoms in total. The van der Waals surface area contributed by atoms with Gasteiger partial charge < -0.3 is 4.74 Å². The number of benzene rings is 1. The highest BCUT2D eigenvalue weighted by Crippen LogP contribution is 2.41. The van der Waals surface area contributed by atoms with Crippen molar-refractivity contribution < 1.29 is 9.53 Å². The Morgan fingerprint density at radius 1 is 1.50 bits per heavy atom. The molecule has 1 atom stereocenters. The Bertz CT molecular complexity index is 482. The standard InChI is InChI=1S/C12H10Br2O2/c1-3-12(2)6-16-10-8(11(12)15)4-7(13)5-9(10)14/h3-5H,1,6H2,2H3/t12-/m1/s1. The summed E-state index contributed by atoms with van der Waals surface area (Å²) in [7, 11) is 0. The summed E-state index contributed by atoms with van der Waals surface area (Å²) in [4.78, 5) is 12.3. The summed E-state index contributed by atoms with van der Waals surface area (Å²) < 4.78 is 7.26. The fourth-order valence-corrected chi connectivity index (χ4v) is 2.96. The van der Waals surface area contributed by atoms with E-state index in [-0.39, 0.29) is 5.78 Å². The minimum atomic E-state index is -0.632. The largest absolute Gasteiger partial charge is 0.490 e. The number of fused-ring (bicyclic) bond motifs is 1. The van der Waals surface area contributed by atoms with Gasteiger partial charge in [-0.05, 0) is 35.0 Å². The van der Waals surface area contributed by atoms with Crippen LogP contribution in [-0.2, 0) is 0 Å². The van der Waals surface area contributed by atoms with Gasteiger partial charge >= 0.3 is 0 Å². The van der Waals surface area contributed by atoms with Crippen molar-refractivity contribution in [1.29, 1.82) is 0 Å². The molecule has 1 aliphatic rings. The van der Waals surface area contributed by atoms with Crippen molar-refractivity contribution >= 4 is 37.6 Å². The lowest BCUT2D eigenvalue weighted by Gasteiger charge is -2.31. The SMILES string of the molecule is C=C[C@]1(C)COc2c(Br)cc(Br)cc2C1=O. The molecule has 0 fully saturated rings. The zero-order chi connectivity index (χ0) is 11.9. The van der Waals surface area contributed by atoms with Crippen molar-refractivity contribution in [3.63, 3.8) is 0 Å². The molecule has 0 spiro atoms. The molecular weight excluding hydrogens is 336 g/mol. The van der Waals surface area contributed by atoms with E-state index in [1.54, 1.807) is 12.1 Å². The number of hydrogen-bond donors (Lipinski definition) is 0. The molecule has 1 aromatic carbocycles. The summed E-state index contributed by atoms with van der Waals surface area (Å²) in [5.74, 6) is 0.665. The van der Waals surface area contributed by atoms with Crippen LogP contribution in [0.3, 0.4) is 0 Å². The number of halogens is 2. The highest BCUT2D eigenvalue weighted by atomic mass is 79.9. The van der Waals surface area contributed by atoms with Crippen LogP contribution in [0.2, 0.25) is 0 Å². The smallest absolute Gasteiger partial charge is 0.179 e. The third-order valence-corrected chi connectivity index (χ3v) is 3.79. The van der Waals surface area contributed by atoms with Crippen molar-refractivity contribution in [2.24, 2.45) is 5.41 Å². The molecule has 84 valence electrons. The maximum absolute atomic E-state index is 12.3. The van der Waals surface area contributed by atoms with E-state index in [1.165, 1.54) is 0 Å². The lowest BCUT2D eigenvalue weighted by atomic mass is 9.81. The molecule has 1 aliphatic heterocycles. The molecule has 0 N–H and O–H groups in total. The molecule has 0 bridgehead atoms. The summed E-state index contributed by atoms with van der Waals surface area (Å²) in [5.41, 5.74) is -0.0392. The van der Waals surface area contributed by atoms with Gasteiger partial charge in [-0.3, -0.25) is 4.79 Å². The van der Waals surface area contributed by atoms with E-state index in [0.29, 0.717) is 17.9 Å². The minimum absolute atomic E-state index is 0.0470. The molecule has 16 heavy (non-hydrogen) atoms. The van der Waals surface area contributed by atoms with Crippen LogP contribution in [0.1, 0.15) is 17.3 Å². The van der Waals surface area contributed by atoms with E-state index in [9.17, 15) is 4.79 Å². The Morgan fingerprint density at radius 2 is 2.19 bits per heavy atom. The lowest BCUT2D eigenvalue weighted by molar-refractivity contribution is 0.0745. The molecule has 1 heterocycles. The average Bonchev–Trinajstić information content (AvgIpc) is 2.24. The van der Waals surface area contributed by atoms with Crippen molar-refractivity contribution in [3.05, 3.63) is 39.3 Å². The Kier molecular flexibility index (Phi) is 2.97. The average molecular weight is 346 g/mol. The van der Waals surface area contributed by atoms with Gasteiger partial charge in [-0.2, -0.15) is 0 Å². The predicted molar refractivity (Wildman–Crippen MR) is 70.0 cm³/mol. The second-order valence-corrected chi connectivity index (χ2v) is 5.77. The Morgan fingerprint density at radius 3 is 2.81 bits per heavy atom. The summed E-state index contributed by atoms with van der Waals surface area (Å²) in [5, 5.41) is 0. The topological polar surface area (TPSA) is 26.3 Å². The number of ketones is 1. The van der Waals surface area contributed by atoms with E-state index in [2.05, 4.69) is 38.4 Å². The molecule has 0 radical (unpaired) electrons. The monoisotopic (exact) mass is 344 g/mol. The van der Waals surface area contributed by atoms with E-state index in [1.807, 2.05) is 13.0 Å². The molecular formula is C12H10Br2O2. The van der Waals surface area contributed by atoms with Gasteiger partial charge in [0.05, 0.1) is 15.5 Å². The first-order chi connectivity index (χ1) is 7.48. The van der Waals surface area contributed by atoms with Crippen molar-refractivity contribution in [3.8, 4) is 5.75 Å².